The average Bonchev–Trinajstić information content (AvgIpc) is 3.30. The number of nitrogens with zero attached hydrogens (tertiary/aromatic N) is 4. The lowest BCUT2D eigenvalue weighted by atomic mass is 10.2. The van der Waals surface area contributed by atoms with Crippen molar-refractivity contribution in [2.75, 3.05) is 31.5 Å². The van der Waals surface area contributed by atoms with E-state index in [1.54, 1.807) is 11.3 Å². The predicted molar refractivity (Wildman–Crippen MR) is 132 cm³/mol. The van der Waals surface area contributed by atoms with Crippen molar-refractivity contribution in [3.63, 3.8) is 0 Å². The van der Waals surface area contributed by atoms with Gasteiger partial charge in [-0.2, -0.15) is 0 Å². The van der Waals surface area contributed by atoms with Crippen LogP contribution >= 0.6 is 11.3 Å². The second-order valence-electron chi connectivity index (χ2n) is 8.11. The highest BCUT2D eigenvalue weighted by Crippen LogP contribution is 2.30. The highest BCUT2D eigenvalue weighted by Gasteiger charge is 2.17. The van der Waals surface area contributed by atoms with Crippen molar-refractivity contribution in [1.82, 2.24) is 19.8 Å². The lowest BCUT2D eigenvalue weighted by molar-refractivity contribution is 0.122. The van der Waals surface area contributed by atoms with Gasteiger partial charge in [-0.05, 0) is 28.8 Å². The first-order chi connectivity index (χ1) is 15.8. The monoisotopic (exact) mass is 441 g/mol. The number of nitrogens with one attached hydrogen (secondary N) is 1. The van der Waals surface area contributed by atoms with Gasteiger partial charge >= 0.3 is 0 Å². The maximum Gasteiger partial charge on any atom is 0.188 e. The molecule has 0 bridgehead atoms. The lowest BCUT2D eigenvalue weighted by Gasteiger charge is -2.34. The van der Waals surface area contributed by atoms with Gasteiger partial charge < -0.3 is 5.32 Å². The Balaban J connectivity index is 1.15. The molecule has 0 atom stereocenters. The van der Waals surface area contributed by atoms with Crippen molar-refractivity contribution in [2.24, 2.45) is 0 Å². The third-order valence-electron chi connectivity index (χ3n) is 5.74. The first kappa shape index (κ1) is 20.8. The summed E-state index contributed by atoms with van der Waals surface area (Å²) in [5, 5.41) is 4.24. The van der Waals surface area contributed by atoms with E-state index < -0.39 is 0 Å². The van der Waals surface area contributed by atoms with E-state index in [4.69, 9.17) is 0 Å². The number of benzene rings is 2. The van der Waals surface area contributed by atoms with Crippen LogP contribution in [0.15, 0.2) is 85.2 Å². The number of hydrogen-bond acceptors (Lipinski definition) is 6. The van der Waals surface area contributed by atoms with Crippen LogP contribution in [0.25, 0.3) is 10.4 Å². The van der Waals surface area contributed by atoms with E-state index in [0.29, 0.717) is 0 Å². The van der Waals surface area contributed by atoms with Gasteiger partial charge in [0.25, 0.3) is 0 Å². The number of rotatable bonds is 7. The van der Waals surface area contributed by atoms with E-state index in [0.717, 1.165) is 55.1 Å². The zero-order valence-electron chi connectivity index (χ0n) is 18.0. The van der Waals surface area contributed by atoms with E-state index in [1.807, 2.05) is 18.5 Å². The van der Waals surface area contributed by atoms with Gasteiger partial charge in [-0.1, -0.05) is 72.0 Å². The van der Waals surface area contributed by atoms with Crippen molar-refractivity contribution < 1.29 is 0 Å². The lowest BCUT2D eigenvalue weighted by Crippen LogP contribution is -2.45. The molecule has 162 valence electrons. The van der Waals surface area contributed by atoms with Crippen LogP contribution in [-0.4, -0.2) is 45.9 Å². The van der Waals surface area contributed by atoms with Crippen LogP contribution in [0, 0.1) is 0 Å². The summed E-state index contributed by atoms with van der Waals surface area (Å²) in [5.41, 5.74) is 3.86. The standard InChI is InChI=1S/C26H27N5S/c1-3-7-21(8-4-1)19-30-13-15-31(16-14-30)20-22-11-12-27-25(17-22)29-26-28-18-24(32-26)23-9-5-2-6-10-23/h1-12,17-18H,13-16,19-20H2,(H,27,28,29). The second kappa shape index (κ2) is 10.0. The molecule has 0 saturated carbocycles. The summed E-state index contributed by atoms with van der Waals surface area (Å²) >= 11 is 1.65. The topological polar surface area (TPSA) is 44.3 Å². The van der Waals surface area contributed by atoms with Crippen LogP contribution in [-0.2, 0) is 13.1 Å². The third kappa shape index (κ3) is 5.40. The van der Waals surface area contributed by atoms with Gasteiger partial charge in [-0.25, -0.2) is 9.97 Å². The molecule has 1 fully saturated rings. The molecule has 5 rings (SSSR count). The fourth-order valence-corrected chi connectivity index (χ4v) is 4.85. The van der Waals surface area contributed by atoms with Crippen LogP contribution in [0.2, 0.25) is 0 Å². The minimum absolute atomic E-state index is 0.846. The summed E-state index contributed by atoms with van der Waals surface area (Å²) in [6.07, 6.45) is 3.80. The van der Waals surface area contributed by atoms with E-state index in [1.165, 1.54) is 16.7 Å². The van der Waals surface area contributed by atoms with Gasteiger partial charge in [0.1, 0.15) is 5.82 Å². The Morgan fingerprint density at radius 2 is 1.41 bits per heavy atom. The van der Waals surface area contributed by atoms with Gasteiger partial charge in [-0.3, -0.25) is 9.80 Å². The van der Waals surface area contributed by atoms with Gasteiger partial charge in [0.05, 0.1) is 4.88 Å². The van der Waals surface area contributed by atoms with Crippen molar-refractivity contribution in [3.05, 3.63) is 96.3 Å². The Bertz CT molecular complexity index is 1120. The van der Waals surface area contributed by atoms with E-state index in [2.05, 4.69) is 91.8 Å². The molecule has 0 unspecified atom stereocenters. The van der Waals surface area contributed by atoms with E-state index >= 15 is 0 Å². The maximum atomic E-state index is 4.53. The average molecular weight is 442 g/mol. The van der Waals surface area contributed by atoms with Crippen LogP contribution < -0.4 is 5.32 Å². The molecule has 1 aliphatic rings. The highest BCUT2D eigenvalue weighted by molar-refractivity contribution is 7.18. The Kier molecular flexibility index (Phi) is 6.53. The van der Waals surface area contributed by atoms with Crippen molar-refractivity contribution >= 4 is 22.3 Å². The summed E-state index contributed by atoms with van der Waals surface area (Å²) in [5.74, 6) is 0.846. The molecular weight excluding hydrogens is 414 g/mol. The number of thiazole rings is 1. The molecule has 32 heavy (non-hydrogen) atoms. The fourth-order valence-electron chi connectivity index (χ4n) is 4.02. The SMILES string of the molecule is c1ccc(CN2CCN(Cc3ccnc(Nc4ncc(-c5ccccc5)s4)c3)CC2)cc1. The third-order valence-corrected chi connectivity index (χ3v) is 6.71. The summed E-state index contributed by atoms with van der Waals surface area (Å²) in [6.45, 7) is 6.37. The van der Waals surface area contributed by atoms with Crippen LogP contribution in [0.1, 0.15) is 11.1 Å². The molecule has 0 radical (unpaired) electrons. The van der Waals surface area contributed by atoms with Gasteiger partial charge in [0, 0.05) is 51.7 Å². The molecule has 1 N–H and O–H groups in total. The van der Waals surface area contributed by atoms with E-state index in [-0.39, 0.29) is 0 Å². The molecule has 2 aromatic heterocycles. The van der Waals surface area contributed by atoms with Crippen molar-refractivity contribution in [1.29, 1.82) is 0 Å². The molecule has 2 aromatic carbocycles. The Labute approximate surface area is 193 Å². The van der Waals surface area contributed by atoms with Crippen LogP contribution in [0.4, 0.5) is 10.9 Å². The van der Waals surface area contributed by atoms with Crippen molar-refractivity contribution in [3.8, 4) is 10.4 Å². The Morgan fingerprint density at radius 3 is 2.12 bits per heavy atom. The first-order valence-electron chi connectivity index (χ1n) is 11.0. The summed E-state index contributed by atoms with van der Waals surface area (Å²) in [4.78, 5) is 15.2. The maximum absolute atomic E-state index is 4.53. The molecule has 0 aliphatic carbocycles. The molecule has 6 heteroatoms. The number of anilines is 2. The Hall–Kier alpha value is -3.06. The van der Waals surface area contributed by atoms with Crippen LogP contribution in [0.3, 0.4) is 0 Å². The predicted octanol–water partition coefficient (Wildman–Crippen LogP) is 5.27. The quantitative estimate of drug-likeness (QED) is 0.423. The molecule has 0 amide bonds. The number of hydrogen-bond donors (Lipinski definition) is 1. The minimum atomic E-state index is 0.846. The number of piperazine rings is 1. The first-order valence-corrected chi connectivity index (χ1v) is 11.9. The van der Waals surface area contributed by atoms with Gasteiger partial charge in [0.2, 0.25) is 0 Å². The molecular formula is C26H27N5S. The fraction of sp³-hybridized carbons (Fsp3) is 0.231. The highest BCUT2D eigenvalue weighted by atomic mass is 32.1. The zero-order valence-corrected chi connectivity index (χ0v) is 18.8. The number of aromatic nitrogens is 2. The van der Waals surface area contributed by atoms with E-state index in [9.17, 15) is 0 Å². The molecule has 1 aliphatic heterocycles. The second-order valence-corrected chi connectivity index (χ2v) is 9.14. The van der Waals surface area contributed by atoms with Crippen LogP contribution in [0.5, 0.6) is 0 Å². The largest absolute Gasteiger partial charge is 0.316 e. The van der Waals surface area contributed by atoms with Gasteiger partial charge in [-0.15, -0.1) is 0 Å². The Morgan fingerprint density at radius 1 is 0.750 bits per heavy atom. The summed E-state index contributed by atoms with van der Waals surface area (Å²) in [7, 11) is 0. The normalized spacial score (nSPS) is 15.0. The molecule has 0 spiro atoms. The van der Waals surface area contributed by atoms with Crippen molar-refractivity contribution in [2.45, 2.75) is 13.1 Å². The molecule has 3 heterocycles. The van der Waals surface area contributed by atoms with Gasteiger partial charge in [0.15, 0.2) is 5.13 Å². The smallest absolute Gasteiger partial charge is 0.188 e. The molecule has 4 aromatic rings. The summed E-state index contributed by atoms with van der Waals surface area (Å²) < 4.78 is 0. The number of pyridine rings is 1. The summed E-state index contributed by atoms with van der Waals surface area (Å²) in [6, 6.07) is 25.3. The zero-order chi connectivity index (χ0) is 21.6. The molecule has 1 saturated heterocycles. The molecule has 5 nitrogen and oxygen atoms in total. The minimum Gasteiger partial charge on any atom is -0.316 e.